The number of aromatic nitrogens is 4. The average Bonchev–Trinajstić information content (AvgIpc) is 3.17. The Bertz CT molecular complexity index is 919. The molecule has 0 aliphatic rings. The molecule has 2 aromatic heterocycles. The van der Waals surface area contributed by atoms with E-state index in [0.29, 0.717) is 17.1 Å². The summed E-state index contributed by atoms with van der Waals surface area (Å²) < 4.78 is 1.51. The van der Waals surface area contributed by atoms with Gasteiger partial charge in [0.15, 0.2) is 5.82 Å². The predicted octanol–water partition coefficient (Wildman–Crippen LogP) is 1.65. The maximum absolute atomic E-state index is 12.1. The molecule has 0 unspecified atom stereocenters. The number of rotatable bonds is 5. The number of benzene rings is 1. The minimum atomic E-state index is -0.336. The van der Waals surface area contributed by atoms with Crippen molar-refractivity contribution in [1.29, 1.82) is 0 Å². The van der Waals surface area contributed by atoms with Crippen LogP contribution in [0.3, 0.4) is 0 Å². The lowest BCUT2D eigenvalue weighted by Gasteiger charge is -2.08. The number of nitrogens with zero attached hydrogens (tertiary/aromatic N) is 4. The summed E-state index contributed by atoms with van der Waals surface area (Å²) >= 11 is 0. The highest BCUT2D eigenvalue weighted by molar-refractivity contribution is 5.99. The van der Waals surface area contributed by atoms with E-state index in [4.69, 9.17) is 0 Å². The summed E-state index contributed by atoms with van der Waals surface area (Å²) in [5.41, 5.74) is 3.20. The van der Waals surface area contributed by atoms with Gasteiger partial charge in [-0.3, -0.25) is 9.59 Å². The first kappa shape index (κ1) is 17.3. The maximum atomic E-state index is 12.1. The minimum Gasteiger partial charge on any atom is -0.343 e. The Labute approximate surface area is 150 Å². The summed E-state index contributed by atoms with van der Waals surface area (Å²) in [5.74, 6) is -0.0380. The molecule has 1 aromatic carbocycles. The van der Waals surface area contributed by atoms with Gasteiger partial charge in [-0.15, -0.1) is 0 Å². The monoisotopic (exact) mass is 350 g/mol. The molecule has 0 radical (unpaired) electrons. The van der Waals surface area contributed by atoms with Crippen LogP contribution in [0.15, 0.2) is 49.2 Å². The highest BCUT2D eigenvalue weighted by Gasteiger charge is 2.09. The molecule has 26 heavy (non-hydrogen) atoms. The second kappa shape index (κ2) is 7.56. The Morgan fingerprint density at radius 3 is 2.62 bits per heavy atom. The van der Waals surface area contributed by atoms with Crippen LogP contribution >= 0.6 is 0 Å². The number of pyridine rings is 1. The summed E-state index contributed by atoms with van der Waals surface area (Å²) in [4.78, 5) is 32.2. The normalized spacial score (nSPS) is 10.4. The molecule has 2 heterocycles. The molecule has 0 saturated carbocycles. The van der Waals surface area contributed by atoms with Gasteiger partial charge in [0.25, 0.3) is 5.91 Å². The fraction of sp³-hybridized carbons (Fsp3) is 0.167. The summed E-state index contributed by atoms with van der Waals surface area (Å²) in [6.45, 7) is 3.79. The first-order chi connectivity index (χ1) is 12.5. The van der Waals surface area contributed by atoms with Gasteiger partial charge in [0.05, 0.1) is 18.4 Å². The van der Waals surface area contributed by atoms with E-state index >= 15 is 0 Å². The Balaban J connectivity index is 1.53. The summed E-state index contributed by atoms with van der Waals surface area (Å²) in [6, 6.07) is 8.83. The number of carbonyl (C=O) groups excluding carboxylic acids is 2. The van der Waals surface area contributed by atoms with Gasteiger partial charge in [-0.05, 0) is 49.2 Å². The van der Waals surface area contributed by atoms with E-state index in [-0.39, 0.29) is 18.4 Å². The van der Waals surface area contributed by atoms with Crippen molar-refractivity contribution in [2.75, 3.05) is 11.9 Å². The van der Waals surface area contributed by atoms with Gasteiger partial charge in [0.1, 0.15) is 12.7 Å². The highest BCUT2D eigenvalue weighted by atomic mass is 16.2. The van der Waals surface area contributed by atoms with Gasteiger partial charge in [-0.1, -0.05) is 6.07 Å². The van der Waals surface area contributed by atoms with Crippen LogP contribution in [-0.2, 0) is 4.79 Å². The molecule has 132 valence electrons. The number of hydrogen-bond acceptors (Lipinski definition) is 5. The van der Waals surface area contributed by atoms with Crippen LogP contribution in [0.2, 0.25) is 0 Å². The lowest BCUT2D eigenvalue weighted by Crippen LogP contribution is -2.32. The zero-order valence-electron chi connectivity index (χ0n) is 14.4. The van der Waals surface area contributed by atoms with E-state index in [0.717, 1.165) is 11.1 Å². The van der Waals surface area contributed by atoms with Crippen molar-refractivity contribution in [1.82, 2.24) is 25.1 Å². The smallest absolute Gasteiger partial charge is 0.251 e. The van der Waals surface area contributed by atoms with Crippen molar-refractivity contribution >= 4 is 17.5 Å². The number of amides is 2. The Morgan fingerprint density at radius 2 is 1.96 bits per heavy atom. The van der Waals surface area contributed by atoms with Crippen LogP contribution < -0.4 is 10.6 Å². The van der Waals surface area contributed by atoms with Crippen LogP contribution in [-0.4, -0.2) is 38.1 Å². The highest BCUT2D eigenvalue weighted by Crippen LogP contribution is 2.10. The molecular formula is C18H18N6O2. The molecule has 0 fully saturated rings. The molecular weight excluding hydrogens is 332 g/mol. The molecule has 0 atom stereocenters. The van der Waals surface area contributed by atoms with Gasteiger partial charge in [-0.2, -0.15) is 5.10 Å². The van der Waals surface area contributed by atoms with E-state index in [1.807, 2.05) is 19.9 Å². The number of anilines is 1. The Kier molecular flexibility index (Phi) is 5.02. The molecule has 0 saturated heterocycles. The molecule has 3 aromatic rings. The molecule has 2 amide bonds. The second-order valence-corrected chi connectivity index (χ2v) is 5.78. The molecule has 0 spiro atoms. The van der Waals surface area contributed by atoms with E-state index < -0.39 is 0 Å². The molecule has 8 heteroatoms. The first-order valence-corrected chi connectivity index (χ1v) is 7.99. The third-order valence-electron chi connectivity index (χ3n) is 3.86. The van der Waals surface area contributed by atoms with Crippen molar-refractivity contribution in [3.8, 4) is 5.82 Å². The van der Waals surface area contributed by atoms with Crippen molar-refractivity contribution in [3.63, 3.8) is 0 Å². The summed E-state index contributed by atoms with van der Waals surface area (Å²) in [5, 5.41) is 9.26. The molecule has 8 nitrogen and oxygen atoms in total. The van der Waals surface area contributed by atoms with Crippen LogP contribution in [0.25, 0.3) is 5.82 Å². The molecule has 0 aliphatic carbocycles. The van der Waals surface area contributed by atoms with E-state index in [9.17, 15) is 9.59 Å². The van der Waals surface area contributed by atoms with Gasteiger partial charge in [-0.25, -0.2) is 14.6 Å². The number of carbonyl (C=O) groups is 2. The van der Waals surface area contributed by atoms with Gasteiger partial charge >= 0.3 is 0 Å². The molecule has 2 N–H and O–H groups in total. The fourth-order valence-corrected chi connectivity index (χ4v) is 2.27. The average molecular weight is 350 g/mol. The van der Waals surface area contributed by atoms with E-state index in [2.05, 4.69) is 25.7 Å². The van der Waals surface area contributed by atoms with Crippen molar-refractivity contribution in [2.45, 2.75) is 13.8 Å². The second-order valence-electron chi connectivity index (χ2n) is 5.78. The number of hydrogen-bond donors (Lipinski definition) is 2. The van der Waals surface area contributed by atoms with Crippen LogP contribution in [0.1, 0.15) is 21.5 Å². The van der Waals surface area contributed by atoms with E-state index in [1.165, 1.54) is 23.5 Å². The molecule has 0 aliphatic heterocycles. The maximum Gasteiger partial charge on any atom is 0.251 e. The Hall–Kier alpha value is -3.55. The van der Waals surface area contributed by atoms with Crippen molar-refractivity contribution < 1.29 is 9.59 Å². The quantitative estimate of drug-likeness (QED) is 0.728. The van der Waals surface area contributed by atoms with Gasteiger partial charge in [0, 0.05) is 5.56 Å². The zero-order chi connectivity index (χ0) is 18.5. The Morgan fingerprint density at radius 1 is 1.12 bits per heavy atom. The predicted molar refractivity (Wildman–Crippen MR) is 96.0 cm³/mol. The lowest BCUT2D eigenvalue weighted by atomic mass is 10.1. The zero-order valence-corrected chi connectivity index (χ0v) is 14.4. The van der Waals surface area contributed by atoms with Gasteiger partial charge < -0.3 is 10.6 Å². The number of nitrogens with one attached hydrogen (secondary N) is 2. The van der Waals surface area contributed by atoms with Gasteiger partial charge in [0.2, 0.25) is 5.91 Å². The van der Waals surface area contributed by atoms with Crippen LogP contribution in [0, 0.1) is 13.8 Å². The van der Waals surface area contributed by atoms with Crippen molar-refractivity contribution in [3.05, 3.63) is 65.9 Å². The summed E-state index contributed by atoms with van der Waals surface area (Å²) in [6.07, 6.45) is 4.46. The third kappa shape index (κ3) is 4.10. The van der Waals surface area contributed by atoms with Crippen molar-refractivity contribution in [2.24, 2.45) is 0 Å². The largest absolute Gasteiger partial charge is 0.343 e. The fourth-order valence-electron chi connectivity index (χ4n) is 2.27. The first-order valence-electron chi connectivity index (χ1n) is 7.99. The topological polar surface area (TPSA) is 102 Å². The van der Waals surface area contributed by atoms with Crippen LogP contribution in [0.5, 0.6) is 0 Å². The SMILES string of the molecule is Cc1ccc(C(=O)NCC(=O)Nc2ccc(-n3cncn3)nc2)cc1C. The minimum absolute atomic E-state index is 0.128. The standard InChI is InChI=1S/C18H18N6O2/c1-12-3-4-14(7-13(12)2)18(26)21-9-17(25)23-15-5-6-16(20-8-15)24-11-19-10-22-24/h3-8,10-11H,9H2,1-2H3,(H,21,26)(H,23,25). The number of aryl methyl sites for hydroxylation is 2. The summed E-state index contributed by atoms with van der Waals surface area (Å²) in [7, 11) is 0. The van der Waals surface area contributed by atoms with E-state index in [1.54, 1.807) is 24.3 Å². The third-order valence-corrected chi connectivity index (χ3v) is 3.86. The molecule has 3 rings (SSSR count). The lowest BCUT2D eigenvalue weighted by molar-refractivity contribution is -0.115. The van der Waals surface area contributed by atoms with Crippen LogP contribution in [0.4, 0.5) is 5.69 Å². The molecule has 0 bridgehead atoms.